The molecule has 1 saturated carbocycles. The number of carbonyl (C=O) groups is 1. The Balaban J connectivity index is 1.83. The second-order valence-corrected chi connectivity index (χ2v) is 6.69. The number of aliphatic hydroxyl groups is 1. The van der Waals surface area contributed by atoms with Gasteiger partial charge in [-0.1, -0.05) is 43.2 Å². The molecule has 0 aromatic heterocycles. The molecule has 1 unspecified atom stereocenters. The number of likely N-dealkylation sites (N-methyl/N-ethyl adjacent to an activating group) is 1. The zero-order valence-electron chi connectivity index (χ0n) is 13.2. The molecule has 0 spiro atoms. The summed E-state index contributed by atoms with van der Waals surface area (Å²) < 4.78 is 5.68. The molecule has 3 rings (SSSR count). The minimum Gasteiger partial charge on any atom is -0.459 e. The van der Waals surface area contributed by atoms with Gasteiger partial charge in [-0.3, -0.25) is 0 Å². The van der Waals surface area contributed by atoms with Crippen LogP contribution in [-0.2, 0) is 15.1 Å². The van der Waals surface area contributed by atoms with Crippen LogP contribution < -0.4 is 0 Å². The number of rotatable bonds is 4. The van der Waals surface area contributed by atoms with Gasteiger partial charge in [0.1, 0.15) is 6.10 Å². The zero-order chi connectivity index (χ0) is 15.6. The predicted octanol–water partition coefficient (Wildman–Crippen LogP) is 2.31. The lowest BCUT2D eigenvalue weighted by Crippen LogP contribution is -2.45. The van der Waals surface area contributed by atoms with Crippen LogP contribution in [0.3, 0.4) is 0 Å². The number of carbonyl (C=O) groups excluding carboxylic acids is 1. The summed E-state index contributed by atoms with van der Waals surface area (Å²) in [5, 5.41) is 11.3. The molecule has 4 nitrogen and oxygen atoms in total. The molecule has 120 valence electrons. The van der Waals surface area contributed by atoms with E-state index in [2.05, 4.69) is 4.90 Å². The van der Waals surface area contributed by atoms with Crippen molar-refractivity contribution in [2.45, 2.75) is 43.8 Å². The van der Waals surface area contributed by atoms with E-state index in [1.807, 2.05) is 37.4 Å². The summed E-state index contributed by atoms with van der Waals surface area (Å²) in [6, 6.07) is 9.30. The highest BCUT2D eigenvalue weighted by Crippen LogP contribution is 2.41. The van der Waals surface area contributed by atoms with Crippen LogP contribution in [0.5, 0.6) is 0 Å². The van der Waals surface area contributed by atoms with Crippen LogP contribution >= 0.6 is 0 Å². The molecule has 1 heterocycles. The maximum atomic E-state index is 12.8. The quantitative estimate of drug-likeness (QED) is 0.867. The van der Waals surface area contributed by atoms with Crippen LogP contribution in [-0.4, -0.2) is 42.2 Å². The maximum Gasteiger partial charge on any atom is 0.343 e. The number of ether oxygens (including phenoxy) is 1. The van der Waals surface area contributed by atoms with Gasteiger partial charge < -0.3 is 14.7 Å². The Hall–Kier alpha value is -1.39. The molecule has 1 aliphatic heterocycles. The van der Waals surface area contributed by atoms with Crippen molar-refractivity contribution in [2.24, 2.45) is 5.92 Å². The number of hydrogen-bond donors (Lipinski definition) is 1. The topological polar surface area (TPSA) is 49.8 Å². The van der Waals surface area contributed by atoms with Crippen LogP contribution in [0.4, 0.5) is 0 Å². The average Bonchev–Trinajstić information content (AvgIpc) is 3.19. The molecule has 4 heteroatoms. The van der Waals surface area contributed by atoms with Crippen molar-refractivity contribution >= 4 is 5.97 Å². The van der Waals surface area contributed by atoms with Gasteiger partial charge in [0.2, 0.25) is 0 Å². The fourth-order valence-corrected chi connectivity index (χ4v) is 3.79. The third-order valence-electron chi connectivity index (χ3n) is 5.09. The number of likely N-dealkylation sites (tertiary alicyclic amines) is 1. The summed E-state index contributed by atoms with van der Waals surface area (Å²) >= 11 is 0. The molecule has 22 heavy (non-hydrogen) atoms. The van der Waals surface area contributed by atoms with E-state index in [0.29, 0.717) is 5.56 Å². The lowest BCUT2D eigenvalue weighted by Gasteiger charge is -2.33. The summed E-state index contributed by atoms with van der Waals surface area (Å²) in [4.78, 5) is 15.0. The molecule has 1 aliphatic carbocycles. The second-order valence-electron chi connectivity index (χ2n) is 6.69. The Morgan fingerprint density at radius 2 is 1.91 bits per heavy atom. The van der Waals surface area contributed by atoms with Crippen LogP contribution in [0.25, 0.3) is 0 Å². The van der Waals surface area contributed by atoms with Crippen LogP contribution in [0, 0.1) is 5.92 Å². The molecular formula is C18H25NO3. The van der Waals surface area contributed by atoms with Crippen LogP contribution in [0.15, 0.2) is 30.3 Å². The average molecular weight is 303 g/mol. The molecule has 0 radical (unpaired) electrons. The Morgan fingerprint density at radius 1 is 1.23 bits per heavy atom. The van der Waals surface area contributed by atoms with Gasteiger partial charge in [-0.2, -0.15) is 0 Å². The van der Waals surface area contributed by atoms with Crippen molar-refractivity contribution in [3.8, 4) is 0 Å². The fourth-order valence-electron chi connectivity index (χ4n) is 3.79. The summed E-state index contributed by atoms with van der Waals surface area (Å²) in [6.45, 7) is 1.69. The lowest BCUT2D eigenvalue weighted by molar-refractivity contribution is -0.178. The highest BCUT2D eigenvalue weighted by atomic mass is 16.6. The Morgan fingerprint density at radius 3 is 2.50 bits per heavy atom. The molecule has 1 saturated heterocycles. The number of benzene rings is 1. The largest absolute Gasteiger partial charge is 0.459 e. The van der Waals surface area contributed by atoms with Gasteiger partial charge in [0.05, 0.1) is 0 Å². The fraction of sp³-hybridized carbons (Fsp3) is 0.611. The molecule has 2 aliphatic rings. The highest BCUT2D eigenvalue weighted by molar-refractivity contribution is 5.81. The van der Waals surface area contributed by atoms with E-state index in [4.69, 9.17) is 4.74 Å². The maximum absolute atomic E-state index is 12.8. The van der Waals surface area contributed by atoms with E-state index in [9.17, 15) is 9.90 Å². The molecule has 1 aromatic carbocycles. The Bertz CT molecular complexity index is 512. The number of esters is 1. The van der Waals surface area contributed by atoms with Gasteiger partial charge >= 0.3 is 5.97 Å². The van der Waals surface area contributed by atoms with E-state index in [1.54, 1.807) is 0 Å². The van der Waals surface area contributed by atoms with Gasteiger partial charge in [-0.05, 0) is 31.9 Å². The first-order chi connectivity index (χ1) is 10.6. The SMILES string of the molecule is CN1CCC(OC(=O)[C@@](O)(c2ccccc2)C2CCCC2)C1. The predicted molar refractivity (Wildman–Crippen MR) is 84.3 cm³/mol. The smallest absolute Gasteiger partial charge is 0.343 e. The van der Waals surface area contributed by atoms with Gasteiger partial charge in [0, 0.05) is 19.0 Å². The second kappa shape index (κ2) is 6.39. The molecule has 2 atom stereocenters. The zero-order valence-corrected chi connectivity index (χ0v) is 13.2. The summed E-state index contributed by atoms with van der Waals surface area (Å²) in [5.41, 5.74) is -0.836. The van der Waals surface area contributed by atoms with Crippen LogP contribution in [0.2, 0.25) is 0 Å². The Kier molecular flexibility index (Phi) is 4.50. The summed E-state index contributed by atoms with van der Waals surface area (Å²) in [6.07, 6.45) is 4.64. The van der Waals surface area contributed by atoms with E-state index in [-0.39, 0.29) is 12.0 Å². The van der Waals surface area contributed by atoms with Crippen molar-refractivity contribution in [3.63, 3.8) is 0 Å². The minimum atomic E-state index is -1.50. The van der Waals surface area contributed by atoms with Crippen molar-refractivity contribution in [3.05, 3.63) is 35.9 Å². The van der Waals surface area contributed by atoms with Crippen molar-refractivity contribution in [2.75, 3.05) is 20.1 Å². The first kappa shape index (κ1) is 15.5. The highest BCUT2D eigenvalue weighted by Gasteiger charge is 2.48. The standard InChI is InChI=1S/C18H25NO3/c1-19-12-11-16(13-19)22-17(20)18(21,15-9-5-6-10-15)14-7-3-2-4-8-14/h2-4,7-8,15-16,21H,5-6,9-13H2,1H3/t16?,18-/m1/s1. The third kappa shape index (κ3) is 2.90. The summed E-state index contributed by atoms with van der Waals surface area (Å²) in [7, 11) is 2.02. The monoisotopic (exact) mass is 303 g/mol. The van der Waals surface area contributed by atoms with Crippen molar-refractivity contribution < 1.29 is 14.6 Å². The Labute approximate surface area is 132 Å². The molecule has 1 aromatic rings. The van der Waals surface area contributed by atoms with E-state index in [0.717, 1.165) is 45.2 Å². The van der Waals surface area contributed by atoms with E-state index in [1.165, 1.54) is 0 Å². The molecule has 1 N–H and O–H groups in total. The minimum absolute atomic E-state index is 0.0402. The summed E-state index contributed by atoms with van der Waals surface area (Å²) in [5.74, 6) is -0.507. The molecule has 0 amide bonds. The van der Waals surface area contributed by atoms with Crippen molar-refractivity contribution in [1.29, 1.82) is 0 Å². The van der Waals surface area contributed by atoms with Crippen molar-refractivity contribution in [1.82, 2.24) is 4.90 Å². The van der Waals surface area contributed by atoms with Gasteiger partial charge in [-0.25, -0.2) is 4.79 Å². The number of hydrogen-bond acceptors (Lipinski definition) is 4. The first-order valence-electron chi connectivity index (χ1n) is 8.28. The lowest BCUT2D eigenvalue weighted by atomic mass is 9.80. The van der Waals surface area contributed by atoms with E-state index >= 15 is 0 Å². The first-order valence-corrected chi connectivity index (χ1v) is 8.28. The van der Waals surface area contributed by atoms with Gasteiger partial charge in [0.25, 0.3) is 0 Å². The van der Waals surface area contributed by atoms with Crippen LogP contribution in [0.1, 0.15) is 37.7 Å². The van der Waals surface area contributed by atoms with Gasteiger partial charge in [-0.15, -0.1) is 0 Å². The number of nitrogens with zero attached hydrogens (tertiary/aromatic N) is 1. The molecule has 2 fully saturated rings. The molecular weight excluding hydrogens is 278 g/mol. The molecule has 0 bridgehead atoms. The van der Waals surface area contributed by atoms with E-state index < -0.39 is 11.6 Å². The normalized spacial score (nSPS) is 26.0. The van der Waals surface area contributed by atoms with Gasteiger partial charge in [0.15, 0.2) is 5.60 Å². The third-order valence-corrected chi connectivity index (χ3v) is 5.09.